The Bertz CT molecular complexity index is 410. The molecule has 0 radical (unpaired) electrons. The first-order valence-electron chi connectivity index (χ1n) is 5.32. The van der Waals surface area contributed by atoms with Crippen LogP contribution in [0.4, 0.5) is 5.82 Å². The number of aliphatic carboxylic acids is 1. The molecule has 0 aromatic carbocycles. The number of hydrogen-bond acceptors (Lipinski definition) is 5. The molecule has 1 aromatic heterocycles. The first-order chi connectivity index (χ1) is 8.13. The molecule has 1 atom stereocenters. The first kappa shape index (κ1) is 12.9. The van der Waals surface area contributed by atoms with Crippen molar-refractivity contribution in [2.75, 3.05) is 11.9 Å². The van der Waals surface area contributed by atoms with Crippen molar-refractivity contribution in [1.82, 2.24) is 9.97 Å². The van der Waals surface area contributed by atoms with Crippen molar-refractivity contribution in [1.29, 1.82) is 5.26 Å². The Balaban J connectivity index is 2.27. The summed E-state index contributed by atoms with van der Waals surface area (Å²) in [6.45, 7) is 2.32. The lowest BCUT2D eigenvalue weighted by Gasteiger charge is -2.07. The fourth-order valence-corrected chi connectivity index (χ4v) is 1.23. The van der Waals surface area contributed by atoms with Crippen LogP contribution in [-0.2, 0) is 4.79 Å². The van der Waals surface area contributed by atoms with E-state index in [1.54, 1.807) is 6.92 Å². The summed E-state index contributed by atoms with van der Waals surface area (Å²) in [5.41, 5.74) is 0.273. The zero-order valence-electron chi connectivity index (χ0n) is 9.55. The summed E-state index contributed by atoms with van der Waals surface area (Å²) in [4.78, 5) is 18.4. The Morgan fingerprint density at radius 2 is 2.35 bits per heavy atom. The van der Waals surface area contributed by atoms with Crippen molar-refractivity contribution in [2.45, 2.75) is 19.8 Å². The molecule has 0 aliphatic heterocycles. The van der Waals surface area contributed by atoms with Crippen LogP contribution in [0, 0.1) is 17.2 Å². The van der Waals surface area contributed by atoms with Gasteiger partial charge < -0.3 is 10.4 Å². The molecule has 0 aliphatic carbocycles. The minimum Gasteiger partial charge on any atom is -0.481 e. The highest BCUT2D eigenvalue weighted by atomic mass is 16.4. The zero-order chi connectivity index (χ0) is 12.7. The first-order valence-corrected chi connectivity index (χ1v) is 5.32. The molecule has 17 heavy (non-hydrogen) atoms. The van der Waals surface area contributed by atoms with Crippen LogP contribution in [-0.4, -0.2) is 27.6 Å². The number of nitrogens with zero attached hydrogens (tertiary/aromatic N) is 3. The number of nitrogens with one attached hydrogen (secondary N) is 1. The molecular formula is C11H14N4O2. The smallest absolute Gasteiger partial charge is 0.306 e. The van der Waals surface area contributed by atoms with Crippen LogP contribution in [0.25, 0.3) is 0 Å². The third-order valence-corrected chi connectivity index (χ3v) is 2.31. The summed E-state index contributed by atoms with van der Waals surface area (Å²) in [7, 11) is 0. The van der Waals surface area contributed by atoms with E-state index >= 15 is 0 Å². The molecule has 1 unspecified atom stereocenters. The lowest BCUT2D eigenvalue weighted by Crippen LogP contribution is -2.12. The van der Waals surface area contributed by atoms with Gasteiger partial charge in [0.1, 0.15) is 11.9 Å². The summed E-state index contributed by atoms with van der Waals surface area (Å²) in [5, 5.41) is 20.2. The maximum Gasteiger partial charge on any atom is 0.306 e. The Morgan fingerprint density at radius 3 is 2.88 bits per heavy atom. The number of carboxylic acids is 1. The molecule has 0 bridgehead atoms. The highest BCUT2D eigenvalue weighted by Gasteiger charge is 2.09. The molecule has 1 heterocycles. The Labute approximate surface area is 99.3 Å². The van der Waals surface area contributed by atoms with E-state index in [2.05, 4.69) is 15.3 Å². The summed E-state index contributed by atoms with van der Waals surface area (Å²) in [6, 6.07) is 1.88. The van der Waals surface area contributed by atoms with Crippen LogP contribution >= 0.6 is 0 Å². The molecule has 0 amide bonds. The molecule has 0 saturated carbocycles. The maximum absolute atomic E-state index is 10.6. The van der Waals surface area contributed by atoms with Gasteiger partial charge in [-0.05, 0) is 12.8 Å². The van der Waals surface area contributed by atoms with Gasteiger partial charge in [0.25, 0.3) is 0 Å². The van der Waals surface area contributed by atoms with Crippen LogP contribution in [0.3, 0.4) is 0 Å². The van der Waals surface area contributed by atoms with Gasteiger partial charge in [-0.25, -0.2) is 9.97 Å². The minimum atomic E-state index is -0.775. The number of carboxylic acid groups (broad SMARTS) is 1. The molecule has 90 valence electrons. The number of anilines is 1. The van der Waals surface area contributed by atoms with E-state index in [9.17, 15) is 4.79 Å². The molecule has 6 heteroatoms. The number of aromatic nitrogens is 2. The second kappa shape index (κ2) is 6.43. The second-order valence-electron chi connectivity index (χ2n) is 3.71. The van der Waals surface area contributed by atoms with E-state index in [0.717, 1.165) is 6.42 Å². The zero-order valence-corrected chi connectivity index (χ0v) is 9.55. The van der Waals surface area contributed by atoms with Gasteiger partial charge in [0.2, 0.25) is 0 Å². The summed E-state index contributed by atoms with van der Waals surface area (Å²) in [5.74, 6) is -0.515. The topological polar surface area (TPSA) is 98.9 Å². The predicted octanol–water partition coefficient (Wildman–Crippen LogP) is 1.26. The van der Waals surface area contributed by atoms with Gasteiger partial charge >= 0.3 is 5.97 Å². The molecule has 1 rings (SSSR count). The average Bonchev–Trinajstić information content (AvgIpc) is 2.35. The van der Waals surface area contributed by atoms with E-state index in [0.29, 0.717) is 18.8 Å². The lowest BCUT2D eigenvalue weighted by atomic mass is 10.1. The van der Waals surface area contributed by atoms with Gasteiger partial charge in [-0.3, -0.25) is 4.79 Å². The van der Waals surface area contributed by atoms with Crippen molar-refractivity contribution in [3.05, 3.63) is 18.1 Å². The molecule has 2 N–H and O–H groups in total. The van der Waals surface area contributed by atoms with Crippen molar-refractivity contribution in [3.8, 4) is 6.07 Å². The van der Waals surface area contributed by atoms with Gasteiger partial charge in [0, 0.05) is 6.54 Å². The van der Waals surface area contributed by atoms with Crippen molar-refractivity contribution < 1.29 is 9.90 Å². The Kier molecular flexibility index (Phi) is 4.88. The third-order valence-electron chi connectivity index (χ3n) is 2.31. The molecule has 6 nitrogen and oxygen atoms in total. The van der Waals surface area contributed by atoms with Crippen LogP contribution in [0.5, 0.6) is 0 Å². The summed E-state index contributed by atoms with van der Waals surface area (Å²) < 4.78 is 0. The minimum absolute atomic E-state index is 0.273. The monoisotopic (exact) mass is 234 g/mol. The molecule has 0 spiro atoms. The molecule has 0 aliphatic rings. The van der Waals surface area contributed by atoms with E-state index in [1.807, 2.05) is 6.07 Å². The fourth-order valence-electron chi connectivity index (χ4n) is 1.23. The number of rotatable bonds is 6. The van der Waals surface area contributed by atoms with E-state index in [1.165, 1.54) is 12.4 Å². The molecule has 0 fully saturated rings. The van der Waals surface area contributed by atoms with Crippen molar-refractivity contribution in [3.63, 3.8) is 0 Å². The third kappa shape index (κ3) is 4.47. The SMILES string of the molecule is CC(CCCNc1cnc(C#N)cn1)C(=O)O. The van der Waals surface area contributed by atoms with Crippen LogP contribution < -0.4 is 5.32 Å². The normalized spacial score (nSPS) is 11.5. The van der Waals surface area contributed by atoms with E-state index in [-0.39, 0.29) is 11.6 Å². The molecule has 0 saturated heterocycles. The van der Waals surface area contributed by atoms with E-state index in [4.69, 9.17) is 10.4 Å². The second-order valence-corrected chi connectivity index (χ2v) is 3.71. The maximum atomic E-state index is 10.6. The summed E-state index contributed by atoms with van der Waals surface area (Å²) >= 11 is 0. The standard InChI is InChI=1S/C11H14N4O2/c1-8(11(16)17)3-2-4-13-10-7-14-9(5-12)6-15-10/h6-8H,2-4H2,1H3,(H,13,15)(H,16,17). The fraction of sp³-hybridized carbons (Fsp3) is 0.455. The number of carbonyl (C=O) groups is 1. The van der Waals surface area contributed by atoms with Crippen LogP contribution in [0.15, 0.2) is 12.4 Å². The van der Waals surface area contributed by atoms with Gasteiger partial charge in [-0.15, -0.1) is 0 Å². The average molecular weight is 234 g/mol. The van der Waals surface area contributed by atoms with Gasteiger partial charge in [-0.1, -0.05) is 6.92 Å². The molecule has 1 aromatic rings. The van der Waals surface area contributed by atoms with Crippen molar-refractivity contribution in [2.24, 2.45) is 5.92 Å². The van der Waals surface area contributed by atoms with Crippen LogP contribution in [0.1, 0.15) is 25.5 Å². The highest BCUT2D eigenvalue weighted by molar-refractivity contribution is 5.69. The predicted molar refractivity (Wildman–Crippen MR) is 61.3 cm³/mol. The highest BCUT2D eigenvalue weighted by Crippen LogP contribution is 2.06. The van der Waals surface area contributed by atoms with E-state index < -0.39 is 5.97 Å². The lowest BCUT2D eigenvalue weighted by molar-refractivity contribution is -0.141. The summed E-state index contributed by atoms with van der Waals surface area (Å²) in [6.07, 6.45) is 4.24. The number of nitriles is 1. The molecular weight excluding hydrogens is 220 g/mol. The van der Waals surface area contributed by atoms with Gasteiger partial charge in [0.05, 0.1) is 18.3 Å². The largest absolute Gasteiger partial charge is 0.481 e. The Hall–Kier alpha value is -2.16. The van der Waals surface area contributed by atoms with Crippen molar-refractivity contribution >= 4 is 11.8 Å². The number of hydrogen-bond donors (Lipinski definition) is 2. The quantitative estimate of drug-likeness (QED) is 0.719. The van der Waals surface area contributed by atoms with Gasteiger partial charge in [-0.2, -0.15) is 5.26 Å². The van der Waals surface area contributed by atoms with Crippen LogP contribution in [0.2, 0.25) is 0 Å². The van der Waals surface area contributed by atoms with Gasteiger partial charge in [0.15, 0.2) is 5.69 Å². The Morgan fingerprint density at radius 1 is 1.59 bits per heavy atom.